The molecular weight excluding hydrogens is 368 g/mol. The van der Waals surface area contributed by atoms with Crippen LogP contribution in [-0.2, 0) is 14.4 Å². The average molecular weight is 383 g/mol. The molecule has 0 saturated carbocycles. The molecule has 11 heteroatoms. The zero-order valence-electron chi connectivity index (χ0n) is 13.9. The van der Waals surface area contributed by atoms with Crippen molar-refractivity contribution in [3.05, 3.63) is 33.3 Å². The van der Waals surface area contributed by atoms with E-state index in [9.17, 15) is 29.3 Å². The number of nitro benzene ring substituents is 1. The second-order valence-electron chi connectivity index (χ2n) is 5.95. The summed E-state index contributed by atoms with van der Waals surface area (Å²) in [7, 11) is 0. The number of carbonyl (C=O) groups excluding carboxylic acids is 4. The minimum absolute atomic E-state index is 0.0422. The van der Waals surface area contributed by atoms with E-state index < -0.39 is 35.2 Å². The van der Waals surface area contributed by atoms with Crippen LogP contribution in [0.3, 0.4) is 0 Å². The summed E-state index contributed by atoms with van der Waals surface area (Å²) in [4.78, 5) is 59.5. The largest absolute Gasteiger partial charge is 0.334 e. The summed E-state index contributed by atoms with van der Waals surface area (Å²) in [6, 6.07) is 2.56. The first kappa shape index (κ1) is 19.3. The van der Waals surface area contributed by atoms with E-state index in [0.717, 1.165) is 17.0 Å². The fourth-order valence-electron chi connectivity index (χ4n) is 2.27. The Labute approximate surface area is 152 Å². The van der Waals surface area contributed by atoms with Crippen molar-refractivity contribution in [1.29, 1.82) is 0 Å². The van der Waals surface area contributed by atoms with Crippen molar-refractivity contribution >= 4 is 46.7 Å². The van der Waals surface area contributed by atoms with Gasteiger partial charge in [0.25, 0.3) is 5.69 Å². The van der Waals surface area contributed by atoms with Gasteiger partial charge in [-0.2, -0.15) is 0 Å². The Morgan fingerprint density at radius 1 is 1.23 bits per heavy atom. The molecule has 1 saturated heterocycles. The lowest BCUT2D eigenvalue weighted by Gasteiger charge is -2.17. The van der Waals surface area contributed by atoms with Crippen LogP contribution < -0.4 is 5.32 Å². The molecule has 0 atom stereocenters. The third kappa shape index (κ3) is 3.97. The van der Waals surface area contributed by atoms with Crippen LogP contribution in [-0.4, -0.2) is 51.6 Å². The molecule has 0 aromatic heterocycles. The molecule has 138 valence electrons. The maximum absolute atomic E-state index is 12.2. The molecular formula is C15H15ClN4O6. The van der Waals surface area contributed by atoms with Crippen LogP contribution in [0.25, 0.3) is 0 Å². The molecule has 0 spiro atoms. The second kappa shape index (κ2) is 7.48. The number of benzene rings is 1. The second-order valence-corrected chi connectivity index (χ2v) is 6.36. The van der Waals surface area contributed by atoms with Gasteiger partial charge in [-0.05, 0) is 12.0 Å². The number of amides is 5. The van der Waals surface area contributed by atoms with Crippen LogP contribution in [0, 0.1) is 16.0 Å². The molecule has 2 rings (SSSR count). The number of rotatable bonds is 6. The molecule has 1 aliphatic heterocycles. The SMILES string of the molecule is CC(C)CN1C(=O)C(=O)N(CC(=O)Nc2cc([N+](=O)[O-])ccc2Cl)C1=O. The standard InChI is InChI=1S/C15H15ClN4O6/c1-8(2)6-18-13(22)14(23)19(15(18)24)7-12(21)17-11-5-9(20(25)26)3-4-10(11)16/h3-5,8H,6-7H2,1-2H3,(H,17,21). The van der Waals surface area contributed by atoms with E-state index in [2.05, 4.69) is 5.32 Å². The molecule has 1 heterocycles. The van der Waals surface area contributed by atoms with Gasteiger partial charge >= 0.3 is 17.8 Å². The van der Waals surface area contributed by atoms with Gasteiger partial charge in [0.15, 0.2) is 0 Å². The molecule has 0 bridgehead atoms. The van der Waals surface area contributed by atoms with Gasteiger partial charge in [0.1, 0.15) is 6.54 Å². The van der Waals surface area contributed by atoms with E-state index in [1.165, 1.54) is 6.07 Å². The van der Waals surface area contributed by atoms with Crippen molar-refractivity contribution in [2.75, 3.05) is 18.4 Å². The molecule has 1 aliphatic rings. The number of hydrogen-bond donors (Lipinski definition) is 1. The first-order valence-corrected chi connectivity index (χ1v) is 7.90. The molecule has 0 radical (unpaired) electrons. The Kier molecular flexibility index (Phi) is 5.56. The summed E-state index contributed by atoms with van der Waals surface area (Å²) in [6.07, 6.45) is 0. The summed E-state index contributed by atoms with van der Waals surface area (Å²) in [5.41, 5.74) is -0.341. The normalized spacial score (nSPS) is 14.4. The summed E-state index contributed by atoms with van der Waals surface area (Å²) in [6.45, 7) is 2.88. The van der Waals surface area contributed by atoms with E-state index in [1.807, 2.05) is 0 Å². The molecule has 26 heavy (non-hydrogen) atoms. The zero-order chi connectivity index (χ0) is 19.6. The number of anilines is 1. The van der Waals surface area contributed by atoms with Crippen molar-refractivity contribution in [2.45, 2.75) is 13.8 Å². The van der Waals surface area contributed by atoms with Crippen LogP contribution in [0.4, 0.5) is 16.2 Å². The maximum Gasteiger partial charge on any atom is 0.334 e. The Hall–Kier alpha value is -3.01. The smallest absolute Gasteiger partial charge is 0.323 e. The number of nitro groups is 1. The first-order chi connectivity index (χ1) is 12.1. The highest BCUT2D eigenvalue weighted by Gasteiger charge is 2.45. The maximum atomic E-state index is 12.2. The summed E-state index contributed by atoms with van der Waals surface area (Å²) >= 11 is 5.88. The van der Waals surface area contributed by atoms with Gasteiger partial charge in [-0.1, -0.05) is 25.4 Å². The highest BCUT2D eigenvalue weighted by atomic mass is 35.5. The van der Waals surface area contributed by atoms with Crippen LogP contribution in [0.2, 0.25) is 5.02 Å². The number of non-ortho nitro benzene ring substituents is 1. The Bertz CT molecular complexity index is 809. The number of nitrogens with one attached hydrogen (secondary N) is 1. The van der Waals surface area contributed by atoms with Gasteiger partial charge in [0.2, 0.25) is 5.91 Å². The van der Waals surface area contributed by atoms with Gasteiger partial charge < -0.3 is 5.32 Å². The molecule has 5 amide bonds. The van der Waals surface area contributed by atoms with E-state index in [1.54, 1.807) is 13.8 Å². The minimum atomic E-state index is -1.10. The van der Waals surface area contributed by atoms with Crippen molar-refractivity contribution in [1.82, 2.24) is 9.80 Å². The van der Waals surface area contributed by atoms with Crippen LogP contribution >= 0.6 is 11.6 Å². The predicted octanol–water partition coefficient (Wildman–Crippen LogP) is 1.63. The lowest BCUT2D eigenvalue weighted by atomic mass is 10.2. The molecule has 1 fully saturated rings. The Balaban J connectivity index is 2.12. The topological polar surface area (TPSA) is 130 Å². The van der Waals surface area contributed by atoms with Crippen molar-refractivity contribution in [3.63, 3.8) is 0 Å². The van der Waals surface area contributed by atoms with E-state index >= 15 is 0 Å². The van der Waals surface area contributed by atoms with Crippen molar-refractivity contribution in [2.24, 2.45) is 5.92 Å². The van der Waals surface area contributed by atoms with Gasteiger partial charge in [-0.15, -0.1) is 0 Å². The predicted molar refractivity (Wildman–Crippen MR) is 90.4 cm³/mol. The zero-order valence-corrected chi connectivity index (χ0v) is 14.6. The minimum Gasteiger partial charge on any atom is -0.323 e. The Morgan fingerprint density at radius 3 is 2.42 bits per heavy atom. The number of carbonyl (C=O) groups is 4. The molecule has 1 N–H and O–H groups in total. The molecule has 0 aliphatic carbocycles. The van der Waals surface area contributed by atoms with Crippen LogP contribution in [0.1, 0.15) is 13.8 Å². The highest BCUT2D eigenvalue weighted by Crippen LogP contribution is 2.26. The first-order valence-electron chi connectivity index (χ1n) is 7.53. The van der Waals surface area contributed by atoms with Gasteiger partial charge in [0.05, 0.1) is 15.6 Å². The van der Waals surface area contributed by atoms with Crippen molar-refractivity contribution < 1.29 is 24.1 Å². The van der Waals surface area contributed by atoms with E-state index in [-0.39, 0.29) is 28.9 Å². The fraction of sp³-hybridized carbons (Fsp3) is 0.333. The summed E-state index contributed by atoms with van der Waals surface area (Å²) in [5.74, 6) is -2.97. The van der Waals surface area contributed by atoms with Gasteiger partial charge in [-0.3, -0.25) is 29.4 Å². The molecule has 1 aromatic carbocycles. The number of imide groups is 2. The lowest BCUT2D eigenvalue weighted by Crippen LogP contribution is -2.39. The Morgan fingerprint density at radius 2 is 1.85 bits per heavy atom. The number of nitrogens with zero attached hydrogens (tertiary/aromatic N) is 3. The van der Waals surface area contributed by atoms with E-state index in [4.69, 9.17) is 11.6 Å². The average Bonchev–Trinajstić information content (AvgIpc) is 2.74. The molecule has 0 unspecified atom stereocenters. The quantitative estimate of drug-likeness (QED) is 0.344. The van der Waals surface area contributed by atoms with Crippen LogP contribution in [0.5, 0.6) is 0 Å². The summed E-state index contributed by atoms with van der Waals surface area (Å²) in [5, 5.41) is 13.1. The lowest BCUT2D eigenvalue weighted by molar-refractivity contribution is -0.384. The third-order valence-electron chi connectivity index (χ3n) is 3.42. The van der Waals surface area contributed by atoms with Gasteiger partial charge in [-0.25, -0.2) is 9.69 Å². The highest BCUT2D eigenvalue weighted by molar-refractivity contribution is 6.45. The summed E-state index contributed by atoms with van der Waals surface area (Å²) < 4.78 is 0. The number of halogens is 1. The van der Waals surface area contributed by atoms with E-state index in [0.29, 0.717) is 4.90 Å². The third-order valence-corrected chi connectivity index (χ3v) is 3.75. The number of hydrogen-bond acceptors (Lipinski definition) is 6. The monoisotopic (exact) mass is 382 g/mol. The molecule has 1 aromatic rings. The molecule has 10 nitrogen and oxygen atoms in total. The number of urea groups is 1. The van der Waals surface area contributed by atoms with Crippen molar-refractivity contribution in [3.8, 4) is 0 Å². The fourth-order valence-corrected chi connectivity index (χ4v) is 2.44. The van der Waals surface area contributed by atoms with Crippen LogP contribution in [0.15, 0.2) is 18.2 Å². The van der Waals surface area contributed by atoms with Gasteiger partial charge in [0, 0.05) is 18.7 Å².